The van der Waals surface area contributed by atoms with Gasteiger partial charge in [-0.2, -0.15) is 0 Å². The molecule has 0 atom stereocenters. The van der Waals surface area contributed by atoms with Crippen LogP contribution in [0.1, 0.15) is 27.9 Å². The molecule has 1 aromatic carbocycles. The van der Waals surface area contributed by atoms with Crippen LogP contribution >= 0.6 is 0 Å². The lowest BCUT2D eigenvalue weighted by Gasteiger charge is -2.07. The summed E-state index contributed by atoms with van der Waals surface area (Å²) in [6, 6.07) is 2.13. The molecule has 0 amide bonds. The average molecular weight is 278 g/mol. The Morgan fingerprint density at radius 1 is 1.10 bits per heavy atom. The monoisotopic (exact) mass is 278 g/mol. The van der Waals surface area contributed by atoms with Gasteiger partial charge in [0.05, 0.1) is 17.6 Å². The molecule has 2 rings (SSSR count). The van der Waals surface area contributed by atoms with Gasteiger partial charge in [-0.3, -0.25) is 0 Å². The zero-order valence-corrected chi connectivity index (χ0v) is 10.3. The summed E-state index contributed by atoms with van der Waals surface area (Å²) in [5.41, 5.74) is -0.947. The quantitative estimate of drug-likeness (QED) is 0.558. The van der Waals surface area contributed by atoms with Gasteiger partial charge < -0.3 is 20.1 Å². The number of phenolic OH excluding ortho intramolecular Hbond substituents is 2. The number of aromatic nitrogens is 2. The summed E-state index contributed by atoms with van der Waals surface area (Å²) in [7, 11) is 0. The lowest BCUT2D eigenvalue weighted by Crippen LogP contribution is -2.16. The highest BCUT2D eigenvalue weighted by molar-refractivity contribution is 6.01. The number of aromatic carboxylic acids is 1. The second-order valence-electron chi connectivity index (χ2n) is 3.78. The second kappa shape index (κ2) is 5.00. The maximum absolute atomic E-state index is 11.7. The van der Waals surface area contributed by atoms with E-state index >= 15 is 0 Å². The number of carboxylic acids is 1. The molecule has 1 heterocycles. The number of carbonyl (C=O) groups excluding carboxylic acids is 1. The first-order valence-electron chi connectivity index (χ1n) is 5.58. The number of carboxylic acid groups (broad SMARTS) is 1. The highest BCUT2D eigenvalue weighted by Crippen LogP contribution is 2.29. The predicted octanol–water partition coefficient (Wildman–Crippen LogP) is 0.916. The molecule has 0 bridgehead atoms. The molecule has 0 spiro atoms. The van der Waals surface area contributed by atoms with Gasteiger partial charge in [0.25, 0.3) is 0 Å². The number of hydrogen-bond acceptors (Lipinski definition) is 7. The molecule has 0 aliphatic heterocycles. The van der Waals surface area contributed by atoms with Crippen molar-refractivity contribution in [2.75, 3.05) is 6.61 Å². The molecule has 0 unspecified atom stereocenters. The fraction of sp³-hybridized carbons (Fsp3) is 0.167. The van der Waals surface area contributed by atoms with Crippen molar-refractivity contribution in [2.45, 2.75) is 6.92 Å². The van der Waals surface area contributed by atoms with E-state index in [2.05, 4.69) is 9.97 Å². The van der Waals surface area contributed by atoms with E-state index in [1.54, 1.807) is 6.92 Å². The summed E-state index contributed by atoms with van der Waals surface area (Å²) in [6.07, 6.45) is 0. The predicted molar refractivity (Wildman–Crippen MR) is 65.8 cm³/mol. The van der Waals surface area contributed by atoms with E-state index < -0.39 is 34.8 Å². The third-order valence-corrected chi connectivity index (χ3v) is 2.43. The fourth-order valence-electron chi connectivity index (χ4n) is 1.57. The largest absolute Gasteiger partial charge is 0.504 e. The van der Waals surface area contributed by atoms with Gasteiger partial charge in [-0.05, 0) is 6.92 Å². The first-order chi connectivity index (χ1) is 9.43. The Labute approximate surface area is 112 Å². The number of phenols is 2. The van der Waals surface area contributed by atoms with E-state index in [0.717, 1.165) is 12.1 Å². The summed E-state index contributed by atoms with van der Waals surface area (Å²) < 4.78 is 4.70. The molecule has 8 heteroatoms. The normalized spacial score (nSPS) is 10.4. The molecule has 2 aromatic rings. The van der Waals surface area contributed by atoms with E-state index in [0.29, 0.717) is 0 Å². The van der Waals surface area contributed by atoms with Gasteiger partial charge in [0, 0.05) is 12.1 Å². The number of fused-ring (bicyclic) bond motifs is 1. The minimum atomic E-state index is -1.45. The topological polar surface area (TPSA) is 130 Å². The Kier molecular flexibility index (Phi) is 3.38. The number of esters is 1. The highest BCUT2D eigenvalue weighted by atomic mass is 16.5. The Bertz CT molecular complexity index is 713. The highest BCUT2D eigenvalue weighted by Gasteiger charge is 2.23. The van der Waals surface area contributed by atoms with Crippen molar-refractivity contribution in [3.05, 3.63) is 23.5 Å². The summed E-state index contributed by atoms with van der Waals surface area (Å²) in [5, 5.41) is 27.8. The van der Waals surface area contributed by atoms with Crippen LogP contribution in [0.5, 0.6) is 11.5 Å². The van der Waals surface area contributed by atoms with Crippen molar-refractivity contribution in [1.29, 1.82) is 0 Å². The fourth-order valence-corrected chi connectivity index (χ4v) is 1.57. The number of nitrogens with zero attached hydrogens (tertiary/aromatic N) is 2. The average Bonchev–Trinajstić information content (AvgIpc) is 2.39. The molecule has 1 aromatic heterocycles. The van der Waals surface area contributed by atoms with Gasteiger partial charge in [0.2, 0.25) is 0 Å². The molecule has 20 heavy (non-hydrogen) atoms. The summed E-state index contributed by atoms with van der Waals surface area (Å²) in [5.74, 6) is -3.29. The molecule has 3 N–H and O–H groups in total. The van der Waals surface area contributed by atoms with Crippen molar-refractivity contribution < 1.29 is 29.6 Å². The molecule has 0 aliphatic carbocycles. The van der Waals surface area contributed by atoms with Gasteiger partial charge in [0.15, 0.2) is 22.9 Å². The van der Waals surface area contributed by atoms with E-state index in [1.165, 1.54) is 0 Å². The molecular weight excluding hydrogens is 268 g/mol. The van der Waals surface area contributed by atoms with Crippen LogP contribution in [-0.4, -0.2) is 43.8 Å². The van der Waals surface area contributed by atoms with E-state index in [1.807, 2.05) is 0 Å². The van der Waals surface area contributed by atoms with Crippen molar-refractivity contribution in [3.63, 3.8) is 0 Å². The second-order valence-corrected chi connectivity index (χ2v) is 3.78. The molecule has 0 saturated heterocycles. The molecule has 0 fully saturated rings. The van der Waals surface area contributed by atoms with Crippen molar-refractivity contribution in [3.8, 4) is 11.5 Å². The first kappa shape index (κ1) is 13.5. The van der Waals surface area contributed by atoms with Gasteiger partial charge in [-0.15, -0.1) is 0 Å². The van der Waals surface area contributed by atoms with Gasteiger partial charge >= 0.3 is 11.9 Å². The molecule has 8 nitrogen and oxygen atoms in total. The zero-order chi connectivity index (χ0) is 14.9. The van der Waals surface area contributed by atoms with Crippen molar-refractivity contribution in [1.82, 2.24) is 9.97 Å². The van der Waals surface area contributed by atoms with E-state index in [-0.39, 0.29) is 17.6 Å². The number of hydrogen-bond donors (Lipinski definition) is 3. The van der Waals surface area contributed by atoms with Gasteiger partial charge in [0.1, 0.15) is 0 Å². The third-order valence-electron chi connectivity index (χ3n) is 2.43. The van der Waals surface area contributed by atoms with Gasteiger partial charge in [-0.25, -0.2) is 19.6 Å². The molecular formula is C12H10N2O6. The van der Waals surface area contributed by atoms with Crippen LogP contribution in [-0.2, 0) is 4.74 Å². The van der Waals surface area contributed by atoms with Crippen LogP contribution < -0.4 is 0 Å². The standard InChI is InChI=1S/C12H10N2O6/c1-2-20-12(19)10-9(11(17)18)13-5-3-7(15)8(16)4-6(5)14-10/h3-4,15-16H,2H2,1H3,(H,17,18). The van der Waals surface area contributed by atoms with Crippen LogP contribution in [0.25, 0.3) is 11.0 Å². The van der Waals surface area contributed by atoms with E-state index in [9.17, 15) is 19.8 Å². The smallest absolute Gasteiger partial charge is 0.359 e. The molecule has 104 valence electrons. The minimum absolute atomic E-state index is 0.0331. The summed E-state index contributed by atoms with van der Waals surface area (Å²) in [6.45, 7) is 1.62. The Morgan fingerprint density at radius 2 is 1.60 bits per heavy atom. The number of rotatable bonds is 3. The van der Waals surface area contributed by atoms with Crippen LogP contribution in [0.4, 0.5) is 0 Å². The number of ether oxygens (including phenoxy) is 1. The molecule has 0 saturated carbocycles. The number of carbonyl (C=O) groups is 2. The van der Waals surface area contributed by atoms with Gasteiger partial charge in [-0.1, -0.05) is 0 Å². The molecule has 0 radical (unpaired) electrons. The van der Waals surface area contributed by atoms with Crippen LogP contribution in [0, 0.1) is 0 Å². The van der Waals surface area contributed by atoms with E-state index in [4.69, 9.17) is 9.84 Å². The van der Waals surface area contributed by atoms with Crippen molar-refractivity contribution in [2.24, 2.45) is 0 Å². The molecule has 0 aliphatic rings. The Morgan fingerprint density at radius 3 is 2.05 bits per heavy atom. The van der Waals surface area contributed by atoms with Crippen LogP contribution in [0.2, 0.25) is 0 Å². The summed E-state index contributed by atoms with van der Waals surface area (Å²) in [4.78, 5) is 30.3. The maximum Gasteiger partial charge on any atom is 0.359 e. The Hall–Kier alpha value is -2.90. The van der Waals surface area contributed by atoms with Crippen LogP contribution in [0.3, 0.4) is 0 Å². The number of benzene rings is 1. The lowest BCUT2D eigenvalue weighted by molar-refractivity contribution is 0.0506. The Balaban J connectivity index is 2.72. The minimum Gasteiger partial charge on any atom is -0.504 e. The first-order valence-corrected chi connectivity index (χ1v) is 5.58. The lowest BCUT2D eigenvalue weighted by atomic mass is 10.2. The van der Waals surface area contributed by atoms with Crippen LogP contribution in [0.15, 0.2) is 12.1 Å². The summed E-state index contributed by atoms with van der Waals surface area (Å²) >= 11 is 0. The van der Waals surface area contributed by atoms with Crippen molar-refractivity contribution >= 4 is 23.0 Å². The zero-order valence-electron chi connectivity index (χ0n) is 10.3. The third kappa shape index (κ3) is 2.30. The maximum atomic E-state index is 11.7. The SMILES string of the molecule is CCOC(=O)c1nc2cc(O)c(O)cc2nc1C(=O)O. The number of aromatic hydroxyl groups is 2.